The maximum Gasteiger partial charge on any atom is 0.153 e. The van der Waals surface area contributed by atoms with Crippen LogP contribution in [0.5, 0.6) is 11.5 Å². The molecule has 0 radical (unpaired) electrons. The lowest BCUT2D eigenvalue weighted by molar-refractivity contribution is 0.112. The van der Waals surface area contributed by atoms with Gasteiger partial charge in [-0.15, -0.1) is 0 Å². The van der Waals surface area contributed by atoms with Crippen LogP contribution in [0.4, 0.5) is 0 Å². The van der Waals surface area contributed by atoms with E-state index in [0.29, 0.717) is 12.2 Å². The van der Waals surface area contributed by atoms with Crippen LogP contribution in [0.1, 0.15) is 49.2 Å². The van der Waals surface area contributed by atoms with Gasteiger partial charge in [0.05, 0.1) is 18.8 Å². The zero-order valence-electron chi connectivity index (χ0n) is 14.8. The van der Waals surface area contributed by atoms with E-state index >= 15 is 0 Å². The van der Waals surface area contributed by atoms with Crippen molar-refractivity contribution < 1.29 is 14.3 Å². The number of benzene rings is 2. The minimum absolute atomic E-state index is 0.0361. The standard InChI is InChI=1S/C11H12O2.C10H12O/c1-11(2)7-13-10-8(6-12)4-3-5-9(10)11;1-10(2)7-11-9-6-4-3-5-8(9)10/h3-6H,7H2,1-2H3;3-6H,7H2,1-2H3. The highest BCUT2D eigenvalue weighted by Crippen LogP contribution is 2.40. The van der Waals surface area contributed by atoms with Gasteiger partial charge >= 0.3 is 0 Å². The van der Waals surface area contributed by atoms with E-state index < -0.39 is 0 Å². The lowest BCUT2D eigenvalue weighted by Gasteiger charge is -2.14. The normalized spacial score (nSPS) is 18.3. The number of aldehydes is 1. The Morgan fingerprint density at radius 2 is 1.46 bits per heavy atom. The molecular weight excluding hydrogens is 300 g/mol. The minimum atomic E-state index is 0.0361. The van der Waals surface area contributed by atoms with Gasteiger partial charge in [-0.25, -0.2) is 0 Å². The van der Waals surface area contributed by atoms with Crippen LogP contribution in [-0.2, 0) is 10.8 Å². The van der Waals surface area contributed by atoms with Gasteiger partial charge in [-0.2, -0.15) is 0 Å². The van der Waals surface area contributed by atoms with Gasteiger partial charge in [-0.05, 0) is 12.1 Å². The summed E-state index contributed by atoms with van der Waals surface area (Å²) < 4.78 is 11.0. The second-order valence-electron chi connectivity index (χ2n) is 7.68. The van der Waals surface area contributed by atoms with Gasteiger partial charge in [-0.3, -0.25) is 4.79 Å². The van der Waals surface area contributed by atoms with Crippen molar-refractivity contribution in [2.45, 2.75) is 38.5 Å². The summed E-state index contributed by atoms with van der Waals surface area (Å²) in [6.07, 6.45) is 0.847. The number of hydrogen-bond acceptors (Lipinski definition) is 3. The summed E-state index contributed by atoms with van der Waals surface area (Å²) >= 11 is 0. The number of ether oxygens (including phenoxy) is 2. The van der Waals surface area contributed by atoms with Gasteiger partial charge in [0.2, 0.25) is 0 Å². The summed E-state index contributed by atoms with van der Waals surface area (Å²) in [5, 5.41) is 0. The summed E-state index contributed by atoms with van der Waals surface area (Å²) in [4.78, 5) is 10.7. The van der Waals surface area contributed by atoms with E-state index in [1.54, 1.807) is 6.07 Å². The van der Waals surface area contributed by atoms with E-state index in [2.05, 4.69) is 39.8 Å². The third kappa shape index (κ3) is 2.91. The smallest absolute Gasteiger partial charge is 0.153 e. The highest BCUT2D eigenvalue weighted by molar-refractivity contribution is 5.81. The van der Waals surface area contributed by atoms with Crippen LogP contribution in [0.3, 0.4) is 0 Å². The Labute approximate surface area is 143 Å². The topological polar surface area (TPSA) is 35.5 Å². The molecule has 0 spiro atoms. The summed E-state index contributed by atoms with van der Waals surface area (Å²) in [6, 6.07) is 14.0. The summed E-state index contributed by atoms with van der Waals surface area (Å²) in [6.45, 7) is 10.1. The van der Waals surface area contributed by atoms with Gasteiger partial charge in [0.15, 0.2) is 6.29 Å². The van der Waals surface area contributed by atoms with Gasteiger partial charge in [-0.1, -0.05) is 58.0 Å². The number of fused-ring (bicyclic) bond motifs is 2. The molecule has 0 atom stereocenters. The van der Waals surface area contributed by atoms with Gasteiger partial charge in [0.1, 0.15) is 11.5 Å². The van der Waals surface area contributed by atoms with Crippen LogP contribution in [0.2, 0.25) is 0 Å². The molecule has 24 heavy (non-hydrogen) atoms. The predicted molar refractivity (Wildman–Crippen MR) is 95.3 cm³/mol. The van der Waals surface area contributed by atoms with Crippen molar-refractivity contribution in [3.05, 3.63) is 59.2 Å². The van der Waals surface area contributed by atoms with E-state index in [-0.39, 0.29) is 10.8 Å². The second kappa shape index (κ2) is 5.97. The molecule has 0 unspecified atom stereocenters. The number of para-hydroxylation sites is 2. The van der Waals surface area contributed by atoms with Crippen molar-refractivity contribution >= 4 is 6.29 Å². The largest absolute Gasteiger partial charge is 0.492 e. The number of carbonyl (C=O) groups excluding carboxylic acids is 1. The van der Waals surface area contributed by atoms with E-state index in [4.69, 9.17) is 9.47 Å². The highest BCUT2D eigenvalue weighted by Gasteiger charge is 2.33. The first kappa shape index (κ1) is 16.6. The number of hydrogen-bond donors (Lipinski definition) is 0. The van der Waals surface area contributed by atoms with Crippen LogP contribution in [-0.4, -0.2) is 19.5 Å². The van der Waals surface area contributed by atoms with Gasteiger partial charge in [0, 0.05) is 22.0 Å². The quantitative estimate of drug-likeness (QED) is 0.723. The summed E-state index contributed by atoms with van der Waals surface area (Å²) in [5.74, 6) is 1.82. The molecule has 3 nitrogen and oxygen atoms in total. The Bertz CT molecular complexity index is 759. The maximum absolute atomic E-state index is 10.7. The number of carbonyl (C=O) groups is 1. The molecule has 0 N–H and O–H groups in total. The van der Waals surface area contributed by atoms with Crippen molar-refractivity contribution in [3.8, 4) is 11.5 Å². The van der Waals surface area contributed by atoms with Gasteiger partial charge in [0.25, 0.3) is 0 Å². The molecule has 0 amide bonds. The van der Waals surface area contributed by atoms with E-state index in [1.807, 2.05) is 24.3 Å². The van der Waals surface area contributed by atoms with Gasteiger partial charge < -0.3 is 9.47 Å². The molecule has 2 aliphatic heterocycles. The molecule has 0 aromatic heterocycles. The first-order chi connectivity index (χ1) is 11.3. The van der Waals surface area contributed by atoms with Crippen LogP contribution in [0.15, 0.2) is 42.5 Å². The third-order valence-electron chi connectivity index (χ3n) is 4.68. The van der Waals surface area contributed by atoms with Crippen LogP contribution in [0.25, 0.3) is 0 Å². The summed E-state index contributed by atoms with van der Waals surface area (Å²) in [5.41, 5.74) is 3.37. The zero-order valence-corrected chi connectivity index (χ0v) is 14.8. The SMILES string of the molecule is CC1(C)COc2c(C=O)cccc21.CC1(C)COc2ccccc21. The fourth-order valence-corrected chi connectivity index (χ4v) is 3.16. The molecule has 2 heterocycles. The van der Waals surface area contributed by atoms with Crippen molar-refractivity contribution in [1.29, 1.82) is 0 Å². The Morgan fingerprint density at radius 1 is 0.833 bits per heavy atom. The zero-order chi connectivity index (χ0) is 17.4. The maximum atomic E-state index is 10.7. The van der Waals surface area contributed by atoms with E-state index in [0.717, 1.165) is 30.0 Å². The third-order valence-corrected chi connectivity index (χ3v) is 4.68. The first-order valence-corrected chi connectivity index (χ1v) is 8.29. The molecule has 126 valence electrons. The fraction of sp³-hybridized carbons (Fsp3) is 0.381. The molecule has 0 aliphatic carbocycles. The predicted octanol–water partition coefficient (Wildman–Crippen LogP) is 4.53. The Balaban J connectivity index is 0.000000143. The Hall–Kier alpha value is -2.29. The van der Waals surface area contributed by atoms with Crippen molar-refractivity contribution in [2.75, 3.05) is 13.2 Å². The molecule has 0 saturated heterocycles. The average Bonchev–Trinajstić information content (AvgIpc) is 3.05. The van der Waals surface area contributed by atoms with Crippen molar-refractivity contribution in [3.63, 3.8) is 0 Å². The van der Waals surface area contributed by atoms with E-state index in [1.165, 1.54) is 5.56 Å². The average molecular weight is 324 g/mol. The first-order valence-electron chi connectivity index (χ1n) is 8.29. The van der Waals surface area contributed by atoms with E-state index in [9.17, 15) is 4.79 Å². The number of rotatable bonds is 1. The monoisotopic (exact) mass is 324 g/mol. The Kier molecular flexibility index (Phi) is 4.12. The summed E-state index contributed by atoms with van der Waals surface area (Å²) in [7, 11) is 0. The molecule has 2 aromatic carbocycles. The van der Waals surface area contributed by atoms with Crippen molar-refractivity contribution in [1.82, 2.24) is 0 Å². The minimum Gasteiger partial charge on any atom is -0.492 e. The highest BCUT2D eigenvalue weighted by atomic mass is 16.5. The molecule has 2 aliphatic rings. The molecule has 2 aromatic rings. The Morgan fingerprint density at radius 3 is 2.17 bits per heavy atom. The molecule has 0 bridgehead atoms. The van der Waals surface area contributed by atoms with Crippen LogP contribution in [0, 0.1) is 0 Å². The lowest BCUT2D eigenvalue weighted by atomic mass is 9.86. The van der Waals surface area contributed by atoms with Crippen LogP contribution >= 0.6 is 0 Å². The molecule has 0 fully saturated rings. The second-order valence-corrected chi connectivity index (χ2v) is 7.68. The van der Waals surface area contributed by atoms with Crippen LogP contribution < -0.4 is 9.47 Å². The van der Waals surface area contributed by atoms with Crippen molar-refractivity contribution in [2.24, 2.45) is 0 Å². The molecular formula is C21H24O3. The molecule has 4 rings (SSSR count). The molecule has 0 saturated carbocycles. The fourth-order valence-electron chi connectivity index (χ4n) is 3.16. The lowest BCUT2D eigenvalue weighted by Crippen LogP contribution is -2.18. The molecule has 3 heteroatoms.